The third-order valence-electron chi connectivity index (χ3n) is 2.86. The van der Waals surface area contributed by atoms with Crippen LogP contribution in [0.3, 0.4) is 0 Å². The maximum atomic E-state index is 13.9. The molecule has 0 spiro atoms. The lowest BCUT2D eigenvalue weighted by Gasteiger charge is -2.07. The minimum Gasteiger partial charge on any atom is -0.494 e. The quantitative estimate of drug-likeness (QED) is 0.801. The van der Waals surface area contributed by atoms with Crippen LogP contribution in [0.2, 0.25) is 0 Å². The van der Waals surface area contributed by atoms with E-state index in [-0.39, 0.29) is 23.3 Å². The summed E-state index contributed by atoms with van der Waals surface area (Å²) < 4.78 is 44.5. The first-order chi connectivity index (χ1) is 9.52. The molecule has 0 aliphatic rings. The van der Waals surface area contributed by atoms with E-state index < -0.39 is 23.2 Å². The molecule has 0 heterocycles. The van der Waals surface area contributed by atoms with Crippen molar-refractivity contribution in [2.45, 2.75) is 6.42 Å². The van der Waals surface area contributed by atoms with E-state index in [0.717, 1.165) is 12.1 Å². The van der Waals surface area contributed by atoms with Gasteiger partial charge in [0.05, 0.1) is 7.11 Å². The number of ether oxygens (including phenoxy) is 1. The van der Waals surface area contributed by atoms with Gasteiger partial charge >= 0.3 is 0 Å². The molecule has 5 heteroatoms. The number of methoxy groups -OCH3 is 1. The lowest BCUT2D eigenvalue weighted by atomic mass is 10.0. The normalized spacial score (nSPS) is 10.4. The summed E-state index contributed by atoms with van der Waals surface area (Å²) in [5, 5.41) is 0. The van der Waals surface area contributed by atoms with Crippen LogP contribution in [0.4, 0.5) is 13.2 Å². The van der Waals surface area contributed by atoms with E-state index in [1.54, 1.807) is 6.07 Å². The molecule has 0 bridgehead atoms. The van der Waals surface area contributed by atoms with Crippen molar-refractivity contribution in [3.05, 3.63) is 65.0 Å². The number of halogens is 3. The molecule has 2 aromatic carbocycles. The fourth-order valence-electron chi connectivity index (χ4n) is 1.80. The monoisotopic (exact) mass is 280 g/mol. The van der Waals surface area contributed by atoms with Crippen molar-refractivity contribution in [3.8, 4) is 5.75 Å². The summed E-state index contributed by atoms with van der Waals surface area (Å²) in [5.74, 6) is -3.25. The SMILES string of the molecule is COc1cccc(CC(=O)c2ccc(F)c(F)c2)c1F. The van der Waals surface area contributed by atoms with E-state index in [1.807, 2.05) is 0 Å². The summed E-state index contributed by atoms with van der Waals surface area (Å²) in [6, 6.07) is 7.26. The molecule has 0 unspecified atom stereocenters. The summed E-state index contributed by atoms with van der Waals surface area (Å²) in [6.45, 7) is 0. The van der Waals surface area contributed by atoms with Crippen LogP contribution in [0.15, 0.2) is 36.4 Å². The van der Waals surface area contributed by atoms with Crippen molar-refractivity contribution in [1.82, 2.24) is 0 Å². The van der Waals surface area contributed by atoms with Crippen molar-refractivity contribution < 1.29 is 22.7 Å². The van der Waals surface area contributed by atoms with Crippen LogP contribution >= 0.6 is 0 Å². The Morgan fingerprint density at radius 1 is 1.10 bits per heavy atom. The zero-order valence-electron chi connectivity index (χ0n) is 10.6. The van der Waals surface area contributed by atoms with Crippen LogP contribution in [0.1, 0.15) is 15.9 Å². The zero-order chi connectivity index (χ0) is 14.7. The molecule has 0 aliphatic carbocycles. The molecule has 2 aromatic rings. The molecule has 0 radical (unpaired) electrons. The first-order valence-electron chi connectivity index (χ1n) is 5.82. The summed E-state index contributed by atoms with van der Waals surface area (Å²) in [6.07, 6.45) is -0.256. The number of benzene rings is 2. The Balaban J connectivity index is 2.25. The van der Waals surface area contributed by atoms with Crippen LogP contribution in [0.5, 0.6) is 5.75 Å². The van der Waals surface area contributed by atoms with Gasteiger partial charge in [-0.3, -0.25) is 4.79 Å². The summed E-state index contributed by atoms with van der Waals surface area (Å²) in [7, 11) is 1.32. The molecule has 0 aromatic heterocycles. The molecule has 2 nitrogen and oxygen atoms in total. The largest absolute Gasteiger partial charge is 0.494 e. The standard InChI is InChI=1S/C15H11F3O2/c1-20-14-4-2-3-10(15(14)18)8-13(19)9-5-6-11(16)12(17)7-9/h2-7H,8H2,1H3. The molecule has 0 saturated carbocycles. The molecular weight excluding hydrogens is 269 g/mol. The van der Waals surface area contributed by atoms with Crippen molar-refractivity contribution in [2.75, 3.05) is 7.11 Å². The molecular formula is C15H11F3O2. The molecule has 0 aliphatic heterocycles. The summed E-state index contributed by atoms with van der Waals surface area (Å²) in [4.78, 5) is 11.9. The van der Waals surface area contributed by atoms with Crippen LogP contribution < -0.4 is 4.74 Å². The van der Waals surface area contributed by atoms with Gasteiger partial charge in [-0.15, -0.1) is 0 Å². The van der Waals surface area contributed by atoms with Gasteiger partial charge in [0.1, 0.15) is 0 Å². The number of carbonyl (C=O) groups is 1. The Labute approximate surface area is 113 Å². The highest BCUT2D eigenvalue weighted by Gasteiger charge is 2.15. The van der Waals surface area contributed by atoms with Crippen LogP contribution in [0.25, 0.3) is 0 Å². The van der Waals surface area contributed by atoms with Crippen molar-refractivity contribution in [1.29, 1.82) is 0 Å². The molecule has 2 rings (SSSR count). The second-order valence-corrected chi connectivity index (χ2v) is 4.16. The van der Waals surface area contributed by atoms with Crippen LogP contribution in [-0.4, -0.2) is 12.9 Å². The highest BCUT2D eigenvalue weighted by molar-refractivity contribution is 5.97. The average Bonchev–Trinajstić information content (AvgIpc) is 2.44. The van der Waals surface area contributed by atoms with E-state index >= 15 is 0 Å². The van der Waals surface area contributed by atoms with Crippen LogP contribution in [0, 0.1) is 17.5 Å². The van der Waals surface area contributed by atoms with Gasteiger partial charge in [-0.2, -0.15) is 0 Å². The number of ketones is 1. The highest BCUT2D eigenvalue weighted by atomic mass is 19.2. The minimum atomic E-state index is -1.11. The van der Waals surface area contributed by atoms with Crippen molar-refractivity contribution >= 4 is 5.78 Å². The molecule has 0 fully saturated rings. The van der Waals surface area contributed by atoms with Gasteiger partial charge in [0.2, 0.25) is 0 Å². The van der Waals surface area contributed by atoms with Gasteiger partial charge < -0.3 is 4.74 Å². The summed E-state index contributed by atoms with van der Waals surface area (Å²) >= 11 is 0. The van der Waals surface area contributed by atoms with Gasteiger partial charge in [-0.25, -0.2) is 13.2 Å². The van der Waals surface area contributed by atoms with Crippen molar-refractivity contribution in [3.63, 3.8) is 0 Å². The first kappa shape index (κ1) is 14.1. The third kappa shape index (κ3) is 2.82. The van der Waals surface area contributed by atoms with E-state index in [9.17, 15) is 18.0 Å². The van der Waals surface area contributed by atoms with E-state index in [0.29, 0.717) is 0 Å². The molecule has 0 saturated heterocycles. The molecule has 0 amide bonds. The lowest BCUT2D eigenvalue weighted by Crippen LogP contribution is -2.07. The highest BCUT2D eigenvalue weighted by Crippen LogP contribution is 2.21. The fraction of sp³-hybridized carbons (Fsp3) is 0.133. The zero-order valence-corrected chi connectivity index (χ0v) is 10.6. The van der Waals surface area contributed by atoms with E-state index in [4.69, 9.17) is 4.74 Å². The first-order valence-corrected chi connectivity index (χ1v) is 5.82. The smallest absolute Gasteiger partial charge is 0.168 e. The predicted molar refractivity (Wildman–Crippen MR) is 67.3 cm³/mol. The van der Waals surface area contributed by atoms with Gasteiger partial charge in [-0.05, 0) is 29.8 Å². The number of Topliss-reactive ketones (excluding diaryl/α,β-unsaturated/α-hetero) is 1. The molecule has 0 N–H and O–H groups in total. The van der Waals surface area contributed by atoms with Gasteiger partial charge in [0.15, 0.2) is 29.0 Å². The fourth-order valence-corrected chi connectivity index (χ4v) is 1.80. The maximum Gasteiger partial charge on any atom is 0.168 e. The second kappa shape index (κ2) is 5.77. The summed E-state index contributed by atoms with van der Waals surface area (Å²) in [5.41, 5.74) is 0.130. The Morgan fingerprint density at radius 2 is 1.85 bits per heavy atom. The maximum absolute atomic E-state index is 13.9. The van der Waals surface area contributed by atoms with Gasteiger partial charge in [-0.1, -0.05) is 12.1 Å². The Hall–Kier alpha value is -2.30. The number of hydrogen-bond donors (Lipinski definition) is 0. The Bertz CT molecular complexity index is 654. The lowest BCUT2D eigenvalue weighted by molar-refractivity contribution is 0.0991. The van der Waals surface area contributed by atoms with E-state index in [2.05, 4.69) is 0 Å². The minimum absolute atomic E-state index is 0.00822. The Kier molecular flexibility index (Phi) is 4.08. The topological polar surface area (TPSA) is 26.3 Å². The Morgan fingerprint density at radius 3 is 2.50 bits per heavy atom. The second-order valence-electron chi connectivity index (χ2n) is 4.16. The van der Waals surface area contributed by atoms with Gasteiger partial charge in [0.25, 0.3) is 0 Å². The van der Waals surface area contributed by atoms with Crippen molar-refractivity contribution in [2.24, 2.45) is 0 Å². The van der Waals surface area contributed by atoms with Gasteiger partial charge in [0, 0.05) is 12.0 Å². The molecule has 0 atom stereocenters. The average molecular weight is 280 g/mol. The number of carbonyl (C=O) groups excluding carboxylic acids is 1. The third-order valence-corrected chi connectivity index (χ3v) is 2.86. The number of hydrogen-bond acceptors (Lipinski definition) is 2. The number of rotatable bonds is 4. The predicted octanol–water partition coefficient (Wildman–Crippen LogP) is 3.54. The molecule has 20 heavy (non-hydrogen) atoms. The van der Waals surface area contributed by atoms with Crippen LogP contribution in [-0.2, 0) is 6.42 Å². The van der Waals surface area contributed by atoms with E-state index in [1.165, 1.54) is 25.3 Å². The molecule has 104 valence electrons.